The normalized spacial score (nSPS) is 20.8. The number of aromatic nitrogens is 3. The average molecular weight is 288 g/mol. The van der Waals surface area contributed by atoms with E-state index in [0.717, 1.165) is 39.5 Å². The van der Waals surface area contributed by atoms with Gasteiger partial charge in [-0.3, -0.25) is 4.57 Å². The van der Waals surface area contributed by atoms with E-state index in [9.17, 15) is 0 Å². The van der Waals surface area contributed by atoms with Crippen molar-refractivity contribution in [2.75, 3.05) is 11.6 Å². The SMILES string of the molecule is Cc1nnc2n1-c1ccccc1C(=S)N1CSC[C@@H]21. The number of para-hydroxylation sites is 1. The van der Waals surface area contributed by atoms with Crippen LogP contribution in [0.3, 0.4) is 0 Å². The molecule has 3 heterocycles. The van der Waals surface area contributed by atoms with E-state index in [2.05, 4.69) is 31.8 Å². The molecule has 0 saturated carbocycles. The first-order chi connectivity index (χ1) is 9.27. The summed E-state index contributed by atoms with van der Waals surface area (Å²) in [5.41, 5.74) is 2.20. The molecule has 1 aromatic carbocycles. The van der Waals surface area contributed by atoms with E-state index >= 15 is 0 Å². The molecule has 0 radical (unpaired) electrons. The molecule has 4 rings (SSSR count). The molecule has 6 heteroatoms. The van der Waals surface area contributed by atoms with Crippen molar-refractivity contribution in [1.82, 2.24) is 19.7 Å². The molecule has 1 aromatic heterocycles. The van der Waals surface area contributed by atoms with Crippen molar-refractivity contribution < 1.29 is 0 Å². The van der Waals surface area contributed by atoms with Crippen LogP contribution in [0.1, 0.15) is 23.3 Å². The van der Waals surface area contributed by atoms with Gasteiger partial charge in [-0.25, -0.2) is 0 Å². The summed E-state index contributed by atoms with van der Waals surface area (Å²) >= 11 is 7.59. The van der Waals surface area contributed by atoms with Crippen LogP contribution < -0.4 is 0 Å². The first-order valence-corrected chi connectivity index (χ1v) is 7.73. The van der Waals surface area contributed by atoms with Crippen LogP contribution in [-0.4, -0.2) is 36.3 Å². The molecule has 0 amide bonds. The van der Waals surface area contributed by atoms with Crippen molar-refractivity contribution in [3.8, 4) is 5.69 Å². The first kappa shape index (κ1) is 11.4. The Morgan fingerprint density at radius 3 is 3.05 bits per heavy atom. The minimum absolute atomic E-state index is 0.242. The Morgan fingerprint density at radius 2 is 2.16 bits per heavy atom. The molecule has 2 aliphatic heterocycles. The highest BCUT2D eigenvalue weighted by molar-refractivity contribution is 7.99. The van der Waals surface area contributed by atoms with Gasteiger partial charge < -0.3 is 4.90 Å². The Balaban J connectivity index is 2.06. The summed E-state index contributed by atoms with van der Waals surface area (Å²) < 4.78 is 2.15. The highest BCUT2D eigenvalue weighted by Gasteiger charge is 2.37. The molecular formula is C13H12N4S2. The van der Waals surface area contributed by atoms with Gasteiger partial charge in [0.15, 0.2) is 5.82 Å². The summed E-state index contributed by atoms with van der Waals surface area (Å²) in [5, 5.41) is 8.65. The Hall–Kier alpha value is -1.40. The number of thioether (sulfide) groups is 1. The van der Waals surface area contributed by atoms with Crippen molar-refractivity contribution in [3.63, 3.8) is 0 Å². The molecule has 0 aliphatic carbocycles. The maximum Gasteiger partial charge on any atom is 0.161 e. The third-order valence-electron chi connectivity index (χ3n) is 3.67. The number of aryl methyl sites for hydroxylation is 1. The largest absolute Gasteiger partial charge is 0.342 e. The van der Waals surface area contributed by atoms with E-state index in [1.165, 1.54) is 0 Å². The van der Waals surface area contributed by atoms with Crippen LogP contribution in [-0.2, 0) is 0 Å². The van der Waals surface area contributed by atoms with E-state index in [4.69, 9.17) is 12.2 Å². The van der Waals surface area contributed by atoms with Crippen LogP contribution in [0.5, 0.6) is 0 Å². The lowest BCUT2D eigenvalue weighted by molar-refractivity contribution is 0.405. The standard InChI is InChI=1S/C13H12N4S2/c1-8-14-15-12-11-6-19-7-16(11)13(18)9-4-2-3-5-10(9)17(8)12/h2-5,11H,6-7H2,1H3/t11-/m0/s1. The molecular weight excluding hydrogens is 276 g/mol. The first-order valence-electron chi connectivity index (χ1n) is 6.17. The number of hydrogen-bond donors (Lipinski definition) is 0. The summed E-state index contributed by atoms with van der Waals surface area (Å²) in [6.45, 7) is 1.99. The Bertz CT molecular complexity index is 679. The van der Waals surface area contributed by atoms with Crippen molar-refractivity contribution in [3.05, 3.63) is 41.5 Å². The average Bonchev–Trinajstić information content (AvgIpc) is 3.02. The molecule has 0 bridgehead atoms. The summed E-state index contributed by atoms with van der Waals surface area (Å²) in [4.78, 5) is 3.20. The third kappa shape index (κ3) is 1.50. The van der Waals surface area contributed by atoms with Crippen molar-refractivity contribution >= 4 is 29.0 Å². The maximum absolute atomic E-state index is 5.69. The molecule has 19 heavy (non-hydrogen) atoms. The second-order valence-electron chi connectivity index (χ2n) is 4.75. The predicted octanol–water partition coefficient (Wildman–Crippen LogP) is 2.31. The lowest BCUT2D eigenvalue weighted by Gasteiger charge is -2.22. The van der Waals surface area contributed by atoms with Gasteiger partial charge in [0.1, 0.15) is 16.9 Å². The van der Waals surface area contributed by atoms with Crippen molar-refractivity contribution in [2.45, 2.75) is 13.0 Å². The Labute approximate surface area is 120 Å². The lowest BCUT2D eigenvalue weighted by atomic mass is 10.1. The lowest BCUT2D eigenvalue weighted by Crippen LogP contribution is -2.29. The summed E-state index contributed by atoms with van der Waals surface area (Å²) in [7, 11) is 0. The Kier molecular flexibility index (Phi) is 2.43. The van der Waals surface area contributed by atoms with Crippen LogP contribution in [0.4, 0.5) is 0 Å². The van der Waals surface area contributed by atoms with Gasteiger partial charge in [-0.2, -0.15) is 0 Å². The molecule has 4 nitrogen and oxygen atoms in total. The van der Waals surface area contributed by atoms with Crippen LogP contribution in [0.15, 0.2) is 24.3 Å². The van der Waals surface area contributed by atoms with Crippen LogP contribution in [0.25, 0.3) is 5.69 Å². The number of thiocarbonyl (C=S) groups is 1. The second kappa shape index (κ2) is 4.05. The summed E-state index contributed by atoms with van der Waals surface area (Å²) in [5.74, 6) is 3.88. The van der Waals surface area contributed by atoms with Crippen LogP contribution in [0, 0.1) is 6.92 Å². The van der Waals surface area contributed by atoms with Gasteiger partial charge in [-0.1, -0.05) is 24.4 Å². The fourth-order valence-corrected chi connectivity index (χ4v) is 4.36. The van der Waals surface area contributed by atoms with Gasteiger partial charge in [0.05, 0.1) is 11.6 Å². The van der Waals surface area contributed by atoms with Gasteiger partial charge in [0.25, 0.3) is 0 Å². The molecule has 1 fully saturated rings. The molecule has 96 valence electrons. The van der Waals surface area contributed by atoms with Crippen LogP contribution in [0.2, 0.25) is 0 Å². The molecule has 0 unspecified atom stereocenters. The molecule has 2 aromatic rings. The van der Waals surface area contributed by atoms with Gasteiger partial charge in [0.2, 0.25) is 0 Å². The highest BCUT2D eigenvalue weighted by atomic mass is 32.2. The number of rotatable bonds is 0. The molecule has 1 saturated heterocycles. The predicted molar refractivity (Wildman–Crippen MR) is 79.7 cm³/mol. The van der Waals surface area contributed by atoms with Gasteiger partial charge in [-0.05, 0) is 19.1 Å². The van der Waals surface area contributed by atoms with Gasteiger partial charge >= 0.3 is 0 Å². The zero-order valence-corrected chi connectivity index (χ0v) is 12.0. The van der Waals surface area contributed by atoms with E-state index in [0.29, 0.717) is 0 Å². The van der Waals surface area contributed by atoms with Crippen molar-refractivity contribution in [1.29, 1.82) is 0 Å². The minimum Gasteiger partial charge on any atom is -0.342 e. The molecule has 0 N–H and O–H groups in total. The quantitative estimate of drug-likeness (QED) is 0.695. The maximum atomic E-state index is 5.69. The molecule has 1 atom stereocenters. The fourth-order valence-electron chi connectivity index (χ4n) is 2.75. The number of benzene rings is 1. The van der Waals surface area contributed by atoms with Gasteiger partial charge in [-0.15, -0.1) is 22.0 Å². The topological polar surface area (TPSA) is 34.0 Å². The molecule has 0 spiro atoms. The zero-order chi connectivity index (χ0) is 13.0. The monoisotopic (exact) mass is 288 g/mol. The van der Waals surface area contributed by atoms with E-state index in [1.807, 2.05) is 30.8 Å². The summed E-state index contributed by atoms with van der Waals surface area (Å²) in [6, 6.07) is 8.50. The van der Waals surface area contributed by atoms with E-state index in [1.54, 1.807) is 0 Å². The highest BCUT2D eigenvalue weighted by Crippen LogP contribution is 2.38. The second-order valence-corrected chi connectivity index (χ2v) is 6.14. The summed E-state index contributed by atoms with van der Waals surface area (Å²) in [6.07, 6.45) is 0. The van der Waals surface area contributed by atoms with E-state index in [-0.39, 0.29) is 6.04 Å². The number of fused-ring (bicyclic) bond motifs is 5. The number of nitrogens with zero attached hydrogens (tertiary/aromatic N) is 4. The smallest absolute Gasteiger partial charge is 0.161 e. The van der Waals surface area contributed by atoms with Gasteiger partial charge in [0, 0.05) is 11.3 Å². The fraction of sp³-hybridized carbons (Fsp3) is 0.308. The molecule has 2 aliphatic rings. The number of hydrogen-bond acceptors (Lipinski definition) is 4. The minimum atomic E-state index is 0.242. The third-order valence-corrected chi connectivity index (χ3v) is 5.13. The van der Waals surface area contributed by atoms with Crippen molar-refractivity contribution in [2.24, 2.45) is 0 Å². The van der Waals surface area contributed by atoms with Crippen LogP contribution >= 0.6 is 24.0 Å². The zero-order valence-electron chi connectivity index (χ0n) is 10.4. The van der Waals surface area contributed by atoms with E-state index < -0.39 is 0 Å². The Morgan fingerprint density at radius 1 is 1.32 bits per heavy atom.